The van der Waals surface area contributed by atoms with Gasteiger partial charge in [-0.1, -0.05) is 58.0 Å². The van der Waals surface area contributed by atoms with Crippen molar-refractivity contribution in [1.82, 2.24) is 4.90 Å². The second-order valence-electron chi connectivity index (χ2n) is 11.1. The molecule has 0 saturated heterocycles. The summed E-state index contributed by atoms with van der Waals surface area (Å²) < 4.78 is 6.05. The average molecular weight is 529 g/mol. The lowest BCUT2D eigenvalue weighted by molar-refractivity contribution is -0.125. The molecule has 1 N–H and O–H groups in total. The van der Waals surface area contributed by atoms with E-state index in [1.54, 1.807) is 12.1 Å². The second-order valence-corrected chi connectivity index (χ2v) is 17.8. The maximum Gasteiger partial charge on any atom is 0.345 e. The van der Waals surface area contributed by atoms with Crippen LogP contribution in [0.5, 0.6) is 0 Å². The van der Waals surface area contributed by atoms with Crippen molar-refractivity contribution >= 4 is 42.6 Å². The van der Waals surface area contributed by atoms with E-state index in [-0.39, 0.29) is 10.7 Å². The molecule has 8 heteroatoms. The van der Waals surface area contributed by atoms with Gasteiger partial charge in [0, 0.05) is 26.3 Å². The van der Waals surface area contributed by atoms with Crippen LogP contribution in [-0.4, -0.2) is 48.9 Å². The second kappa shape index (κ2) is 11.8. The molecule has 0 aromatic carbocycles. The van der Waals surface area contributed by atoms with Gasteiger partial charge in [-0.15, -0.1) is 11.3 Å². The highest BCUT2D eigenvalue weighted by Crippen LogP contribution is 2.41. The zero-order valence-electron chi connectivity index (χ0n) is 22.5. The van der Waals surface area contributed by atoms with Crippen molar-refractivity contribution in [2.75, 3.05) is 13.3 Å². The molecule has 6 nitrogen and oxygen atoms in total. The van der Waals surface area contributed by atoms with E-state index < -0.39 is 19.5 Å². The van der Waals surface area contributed by atoms with Crippen molar-refractivity contribution < 1.29 is 19.4 Å². The Morgan fingerprint density at radius 3 is 2.39 bits per heavy atom. The van der Waals surface area contributed by atoms with Crippen LogP contribution in [0.3, 0.4) is 0 Å². The van der Waals surface area contributed by atoms with Gasteiger partial charge in [-0.3, -0.25) is 4.79 Å². The van der Waals surface area contributed by atoms with Gasteiger partial charge in [-0.25, -0.2) is 9.79 Å². The number of nitrogens with zero attached hydrogens (tertiary/aromatic N) is 2. The summed E-state index contributed by atoms with van der Waals surface area (Å²) in [7, 11) is -1.21. The van der Waals surface area contributed by atoms with Gasteiger partial charge in [0.05, 0.1) is 27.6 Å². The number of carbonyl (C=O) groups excluding carboxylic acids is 1. The van der Waals surface area contributed by atoms with E-state index in [1.165, 1.54) is 17.8 Å². The Bertz CT molecular complexity index is 1100. The van der Waals surface area contributed by atoms with Gasteiger partial charge in [-0.2, -0.15) is 0 Å². The van der Waals surface area contributed by atoms with Crippen LogP contribution in [0.25, 0.3) is 5.70 Å². The summed E-state index contributed by atoms with van der Waals surface area (Å²) >= 11 is 1.19. The Morgan fingerprint density at radius 1 is 1.17 bits per heavy atom. The van der Waals surface area contributed by atoms with Crippen molar-refractivity contribution in [1.29, 1.82) is 0 Å². The smallest absolute Gasteiger partial charge is 0.345 e. The fourth-order valence-corrected chi connectivity index (χ4v) is 6.27. The summed E-state index contributed by atoms with van der Waals surface area (Å²) in [5.41, 5.74) is 2.38. The Balaban J connectivity index is 1.97. The lowest BCUT2D eigenvalue weighted by atomic mass is 9.70. The van der Waals surface area contributed by atoms with Gasteiger partial charge in [-0.05, 0) is 44.9 Å². The number of carboxylic acid groups (broad SMARTS) is 1. The van der Waals surface area contributed by atoms with E-state index in [0.717, 1.165) is 42.3 Å². The van der Waals surface area contributed by atoms with Crippen molar-refractivity contribution in [3.8, 4) is 0 Å². The first-order valence-corrected chi connectivity index (χ1v) is 17.4. The van der Waals surface area contributed by atoms with Crippen LogP contribution in [0.15, 0.2) is 46.7 Å². The molecule has 0 spiro atoms. The number of aromatic carboxylic acids is 1. The maximum absolute atomic E-state index is 14.0. The predicted octanol–water partition coefficient (Wildman–Crippen LogP) is 7.20. The molecule has 1 aliphatic heterocycles. The van der Waals surface area contributed by atoms with Crippen LogP contribution in [0.2, 0.25) is 25.7 Å². The summed E-state index contributed by atoms with van der Waals surface area (Å²) in [5.74, 6) is -0.815. The molecular weight excluding hydrogens is 488 g/mol. The third-order valence-electron chi connectivity index (χ3n) is 6.92. The number of hydrogen-bond acceptors (Lipinski definition) is 6. The van der Waals surface area contributed by atoms with E-state index in [9.17, 15) is 14.7 Å². The molecule has 2 heterocycles. The number of hydrogen-bond donors (Lipinski definition) is 1. The molecule has 1 saturated carbocycles. The van der Waals surface area contributed by atoms with E-state index in [4.69, 9.17) is 9.73 Å². The number of carboxylic acids is 1. The lowest BCUT2D eigenvalue weighted by Gasteiger charge is -2.32. The first-order chi connectivity index (χ1) is 17.0. The number of thiophene rings is 1. The van der Waals surface area contributed by atoms with Gasteiger partial charge in [0.15, 0.2) is 5.78 Å². The zero-order chi connectivity index (χ0) is 26.5. The van der Waals surface area contributed by atoms with Crippen LogP contribution in [0.1, 0.15) is 67.4 Å². The van der Waals surface area contributed by atoms with E-state index in [0.29, 0.717) is 30.3 Å². The molecule has 0 atom stereocenters. The third-order valence-corrected chi connectivity index (χ3v) is 9.72. The van der Waals surface area contributed by atoms with E-state index in [1.807, 2.05) is 37.1 Å². The summed E-state index contributed by atoms with van der Waals surface area (Å²) in [6.45, 7) is 14.0. The quantitative estimate of drug-likeness (QED) is 0.256. The molecule has 0 radical (unpaired) electrons. The van der Waals surface area contributed by atoms with E-state index in [2.05, 4.69) is 26.6 Å². The molecular formula is C28H40N2O4SSi. The fourth-order valence-electron chi connectivity index (χ4n) is 4.65. The summed E-state index contributed by atoms with van der Waals surface area (Å²) in [6.07, 6.45) is 10.8. The topological polar surface area (TPSA) is 79.2 Å². The lowest BCUT2D eigenvalue weighted by Crippen LogP contribution is -2.33. The monoisotopic (exact) mass is 528 g/mol. The van der Waals surface area contributed by atoms with Gasteiger partial charge in [0.25, 0.3) is 0 Å². The number of carbonyl (C=O) groups is 2. The Morgan fingerprint density at radius 2 is 1.83 bits per heavy atom. The highest BCUT2D eigenvalue weighted by molar-refractivity contribution is 7.15. The number of ether oxygens (including phenoxy) is 1. The predicted molar refractivity (Wildman–Crippen MR) is 151 cm³/mol. The highest BCUT2D eigenvalue weighted by atomic mass is 32.1. The van der Waals surface area contributed by atoms with E-state index >= 15 is 0 Å². The molecule has 3 rings (SSSR count). The Labute approximate surface area is 220 Å². The molecule has 0 amide bonds. The fraction of sp³-hybridized carbons (Fsp3) is 0.536. The maximum atomic E-state index is 14.0. The van der Waals surface area contributed by atoms with Crippen molar-refractivity contribution in [3.05, 3.63) is 51.5 Å². The minimum atomic E-state index is -1.21. The SMILES string of the molecule is CC=C1/C(=N\C(=C/C)c2ccc(C(=O)O)s2)C(C(=O)C2(C)CCCCC2)=CN1COCC[Si](C)(C)C. The normalized spacial score (nSPS) is 20.8. The standard InChI is InChI=1S/C28H40N2O4SSi/c1-7-21(23-12-13-24(35-23)27(32)33)29-25-20(26(31)28(3)14-10-9-11-15-28)18-30(22(25)8-2)19-34-16-17-36(4,5)6/h7-8,12-13,18H,9-11,14-17,19H2,1-6H3,(H,32,33)/b21-7-,22-8?,29-25-. The largest absolute Gasteiger partial charge is 0.477 e. The molecule has 1 fully saturated rings. The van der Waals surface area contributed by atoms with Crippen molar-refractivity contribution in [2.24, 2.45) is 10.4 Å². The Kier molecular flexibility index (Phi) is 9.30. The number of Topliss-reactive ketones (excluding diaryl/α,β-unsaturated/α-hetero) is 1. The molecule has 0 unspecified atom stereocenters. The molecule has 196 valence electrons. The van der Waals surface area contributed by atoms with Crippen LogP contribution < -0.4 is 0 Å². The first kappa shape index (κ1) is 28.3. The summed E-state index contributed by atoms with van der Waals surface area (Å²) in [4.78, 5) is 33.4. The first-order valence-electron chi connectivity index (χ1n) is 12.9. The molecule has 1 aromatic heterocycles. The Hall–Kier alpha value is -2.29. The third kappa shape index (κ3) is 6.72. The van der Waals surface area contributed by atoms with Gasteiger partial charge in [0.1, 0.15) is 11.6 Å². The van der Waals surface area contributed by atoms with Gasteiger partial charge in [0.2, 0.25) is 0 Å². The minimum Gasteiger partial charge on any atom is -0.477 e. The molecule has 1 aromatic rings. The van der Waals surface area contributed by atoms with Gasteiger partial charge >= 0.3 is 5.97 Å². The van der Waals surface area contributed by atoms with Crippen LogP contribution in [0, 0.1) is 5.41 Å². The van der Waals surface area contributed by atoms with Crippen LogP contribution in [-0.2, 0) is 9.53 Å². The molecule has 0 bridgehead atoms. The number of aliphatic imine (C=N–C) groups is 1. The minimum absolute atomic E-state index is 0.137. The van der Waals surface area contributed by atoms with Gasteiger partial charge < -0.3 is 14.7 Å². The molecule has 36 heavy (non-hydrogen) atoms. The number of allylic oxidation sites excluding steroid dienone is 3. The van der Waals surface area contributed by atoms with Crippen LogP contribution >= 0.6 is 11.3 Å². The molecule has 2 aliphatic rings. The number of rotatable bonds is 10. The summed E-state index contributed by atoms with van der Waals surface area (Å²) in [6, 6.07) is 4.46. The van der Waals surface area contributed by atoms with Crippen LogP contribution in [0.4, 0.5) is 0 Å². The van der Waals surface area contributed by atoms with Crippen molar-refractivity contribution in [2.45, 2.75) is 78.6 Å². The average Bonchev–Trinajstić information content (AvgIpc) is 3.44. The highest BCUT2D eigenvalue weighted by Gasteiger charge is 2.41. The summed E-state index contributed by atoms with van der Waals surface area (Å²) in [5, 5.41) is 9.37. The number of ketones is 1. The molecule has 1 aliphatic carbocycles. The van der Waals surface area contributed by atoms with Crippen molar-refractivity contribution in [3.63, 3.8) is 0 Å². The zero-order valence-corrected chi connectivity index (χ0v) is 24.3.